The molecule has 1 fully saturated rings. The first-order chi connectivity index (χ1) is 18.0. The Morgan fingerprint density at radius 2 is 1.97 bits per heavy atom. The molecule has 0 unspecified atom stereocenters. The van der Waals surface area contributed by atoms with Crippen molar-refractivity contribution in [3.05, 3.63) is 71.7 Å². The molecular formula is C26H26ClN7OS2. The first-order valence-electron chi connectivity index (χ1n) is 12.0. The summed E-state index contributed by atoms with van der Waals surface area (Å²) in [6, 6.07) is 15.2. The fourth-order valence-electron chi connectivity index (χ4n) is 4.07. The number of thiocarbonyl (C=S) groups is 1. The number of furan rings is 1. The highest BCUT2D eigenvalue weighted by molar-refractivity contribution is 7.99. The Morgan fingerprint density at radius 3 is 2.76 bits per heavy atom. The van der Waals surface area contributed by atoms with Crippen LogP contribution in [0.4, 0.5) is 11.8 Å². The molecule has 0 radical (unpaired) electrons. The summed E-state index contributed by atoms with van der Waals surface area (Å²) in [7, 11) is 0. The summed E-state index contributed by atoms with van der Waals surface area (Å²) in [4.78, 5) is 20.4. The number of aromatic nitrogens is 4. The Kier molecular flexibility index (Phi) is 8.18. The molecular weight excluding hydrogens is 526 g/mol. The van der Waals surface area contributed by atoms with Gasteiger partial charge in [-0.15, -0.1) is 0 Å². The molecule has 8 nitrogen and oxygen atoms in total. The zero-order chi connectivity index (χ0) is 25.6. The predicted octanol–water partition coefficient (Wildman–Crippen LogP) is 6.05. The standard InChI is InChI=1S/C26H26ClN7OS2/c1-17-4-2-13-34(16-17)22-14-23(37-26-28-11-3-12-29-26)32-24(31-22)33-25(36)30-15-20-9-10-21(35-20)18-5-7-19(27)8-6-18/h3,5-12,14,17H,2,4,13,15-16H2,1H3,(H2,30,31,32,33,36)/t17-/m0/s1. The summed E-state index contributed by atoms with van der Waals surface area (Å²) in [5, 5.41) is 8.78. The molecule has 37 heavy (non-hydrogen) atoms. The van der Waals surface area contributed by atoms with Crippen molar-refractivity contribution in [2.75, 3.05) is 23.3 Å². The molecule has 1 atom stereocenters. The largest absolute Gasteiger partial charge is 0.459 e. The fourth-order valence-corrected chi connectivity index (χ4v) is 5.07. The monoisotopic (exact) mass is 551 g/mol. The molecule has 1 aromatic carbocycles. The van der Waals surface area contributed by atoms with Gasteiger partial charge in [0.1, 0.15) is 22.4 Å². The van der Waals surface area contributed by atoms with E-state index in [0.717, 1.165) is 47.4 Å². The Labute approximate surface area is 230 Å². The third kappa shape index (κ3) is 6.97. The van der Waals surface area contributed by atoms with Gasteiger partial charge in [0.15, 0.2) is 10.3 Å². The molecule has 190 valence electrons. The summed E-state index contributed by atoms with van der Waals surface area (Å²) in [6.07, 6.45) is 5.80. The SMILES string of the molecule is C[C@H]1CCCN(c2cc(Sc3ncccn3)nc(NC(=S)NCc3ccc(-c4ccc(Cl)cc4)o3)n2)C1. The number of piperidine rings is 1. The van der Waals surface area contributed by atoms with Gasteiger partial charge >= 0.3 is 0 Å². The second kappa shape index (κ2) is 11.9. The number of nitrogens with zero attached hydrogens (tertiary/aromatic N) is 5. The summed E-state index contributed by atoms with van der Waals surface area (Å²) in [6.45, 7) is 4.61. The second-order valence-electron chi connectivity index (χ2n) is 8.80. The lowest BCUT2D eigenvalue weighted by atomic mass is 10.0. The first-order valence-corrected chi connectivity index (χ1v) is 13.6. The van der Waals surface area contributed by atoms with Crippen molar-refractivity contribution in [3.63, 3.8) is 0 Å². The van der Waals surface area contributed by atoms with Gasteiger partial charge in [0, 0.05) is 42.1 Å². The van der Waals surface area contributed by atoms with E-state index in [4.69, 9.17) is 33.2 Å². The van der Waals surface area contributed by atoms with E-state index in [1.165, 1.54) is 18.2 Å². The van der Waals surface area contributed by atoms with Crippen LogP contribution in [-0.4, -0.2) is 38.1 Å². The highest BCUT2D eigenvalue weighted by Gasteiger charge is 2.20. The molecule has 1 aliphatic heterocycles. The van der Waals surface area contributed by atoms with Crippen molar-refractivity contribution in [1.29, 1.82) is 0 Å². The van der Waals surface area contributed by atoms with E-state index in [1.807, 2.05) is 42.5 Å². The van der Waals surface area contributed by atoms with Gasteiger partial charge in [-0.1, -0.05) is 18.5 Å². The van der Waals surface area contributed by atoms with Crippen LogP contribution in [0.1, 0.15) is 25.5 Å². The fraction of sp³-hybridized carbons (Fsp3) is 0.269. The number of hydrogen-bond acceptors (Lipinski definition) is 8. The lowest BCUT2D eigenvalue weighted by Crippen LogP contribution is -2.35. The van der Waals surface area contributed by atoms with Crippen LogP contribution < -0.4 is 15.5 Å². The van der Waals surface area contributed by atoms with Crippen molar-refractivity contribution in [2.45, 2.75) is 36.5 Å². The van der Waals surface area contributed by atoms with Crippen LogP contribution >= 0.6 is 35.6 Å². The summed E-state index contributed by atoms with van der Waals surface area (Å²) in [5.41, 5.74) is 0.959. The van der Waals surface area contributed by atoms with Crippen LogP contribution in [0.25, 0.3) is 11.3 Å². The van der Waals surface area contributed by atoms with Gasteiger partial charge in [0.25, 0.3) is 0 Å². The Morgan fingerprint density at radius 1 is 1.16 bits per heavy atom. The molecule has 0 spiro atoms. The Balaban J connectivity index is 1.27. The first kappa shape index (κ1) is 25.4. The number of hydrogen-bond donors (Lipinski definition) is 2. The highest BCUT2D eigenvalue weighted by Crippen LogP contribution is 2.29. The lowest BCUT2D eigenvalue weighted by Gasteiger charge is -2.32. The third-order valence-electron chi connectivity index (χ3n) is 5.85. The average molecular weight is 552 g/mol. The number of rotatable bonds is 7. The van der Waals surface area contributed by atoms with E-state index < -0.39 is 0 Å². The molecule has 3 aromatic heterocycles. The van der Waals surface area contributed by atoms with E-state index in [1.54, 1.807) is 18.5 Å². The quantitative estimate of drug-likeness (QED) is 0.160. The van der Waals surface area contributed by atoms with Gasteiger partial charge < -0.3 is 20.0 Å². The van der Waals surface area contributed by atoms with Gasteiger partial charge in [-0.05, 0) is 85.2 Å². The van der Waals surface area contributed by atoms with Crippen LogP contribution in [0.2, 0.25) is 5.02 Å². The molecule has 0 amide bonds. The van der Waals surface area contributed by atoms with Gasteiger partial charge in [-0.3, -0.25) is 0 Å². The van der Waals surface area contributed by atoms with Crippen molar-refractivity contribution in [1.82, 2.24) is 25.3 Å². The Bertz CT molecular complexity index is 1350. The van der Waals surface area contributed by atoms with Crippen molar-refractivity contribution in [3.8, 4) is 11.3 Å². The van der Waals surface area contributed by atoms with Crippen LogP contribution in [0.3, 0.4) is 0 Å². The third-order valence-corrected chi connectivity index (χ3v) is 7.16. The molecule has 11 heteroatoms. The van der Waals surface area contributed by atoms with Gasteiger partial charge in [0.05, 0.1) is 6.54 Å². The normalized spacial score (nSPS) is 15.4. The maximum absolute atomic E-state index is 5.98. The predicted molar refractivity (Wildman–Crippen MR) is 151 cm³/mol. The van der Waals surface area contributed by atoms with Crippen LogP contribution in [-0.2, 0) is 6.54 Å². The zero-order valence-corrected chi connectivity index (χ0v) is 22.6. The van der Waals surface area contributed by atoms with Gasteiger partial charge in [-0.25, -0.2) is 15.0 Å². The van der Waals surface area contributed by atoms with Crippen LogP contribution in [0.5, 0.6) is 0 Å². The molecule has 2 N–H and O–H groups in total. The van der Waals surface area contributed by atoms with Gasteiger partial charge in [-0.2, -0.15) is 4.98 Å². The van der Waals surface area contributed by atoms with Gasteiger partial charge in [0.2, 0.25) is 5.95 Å². The topological polar surface area (TPSA) is 92.0 Å². The van der Waals surface area contributed by atoms with Crippen LogP contribution in [0.15, 0.2) is 75.5 Å². The maximum atomic E-state index is 5.98. The molecule has 1 aliphatic rings. The Hall–Kier alpha value is -3.21. The van der Waals surface area contributed by atoms with E-state index >= 15 is 0 Å². The van der Waals surface area contributed by atoms with Crippen LogP contribution in [0, 0.1) is 5.92 Å². The average Bonchev–Trinajstić information content (AvgIpc) is 3.37. The maximum Gasteiger partial charge on any atom is 0.232 e. The molecule has 0 aliphatic carbocycles. The summed E-state index contributed by atoms with van der Waals surface area (Å²) < 4.78 is 5.96. The smallest absolute Gasteiger partial charge is 0.232 e. The van der Waals surface area contributed by atoms with Crippen molar-refractivity contribution in [2.24, 2.45) is 5.92 Å². The molecule has 1 saturated heterocycles. The number of anilines is 2. The molecule has 5 rings (SSSR count). The minimum absolute atomic E-state index is 0.403. The highest BCUT2D eigenvalue weighted by atomic mass is 35.5. The summed E-state index contributed by atoms with van der Waals surface area (Å²) in [5.74, 6) is 3.42. The summed E-state index contributed by atoms with van der Waals surface area (Å²) >= 11 is 12.9. The zero-order valence-electron chi connectivity index (χ0n) is 20.2. The van der Waals surface area contributed by atoms with E-state index in [2.05, 4.69) is 37.4 Å². The van der Waals surface area contributed by atoms with Crippen molar-refractivity contribution < 1.29 is 4.42 Å². The number of nitrogens with one attached hydrogen (secondary N) is 2. The minimum atomic E-state index is 0.403. The molecule has 0 saturated carbocycles. The lowest BCUT2D eigenvalue weighted by molar-refractivity contribution is 0.444. The van der Waals surface area contributed by atoms with Crippen molar-refractivity contribution >= 4 is 52.5 Å². The molecule has 0 bridgehead atoms. The van der Waals surface area contributed by atoms with E-state index in [9.17, 15) is 0 Å². The minimum Gasteiger partial charge on any atom is -0.459 e. The molecule has 4 heterocycles. The number of halogens is 1. The number of benzene rings is 1. The van der Waals surface area contributed by atoms with E-state index in [0.29, 0.717) is 33.7 Å². The second-order valence-corrected chi connectivity index (χ2v) is 10.6. The van der Waals surface area contributed by atoms with E-state index in [-0.39, 0.29) is 0 Å². The molecule has 4 aromatic rings.